The molecule has 3 heterocycles. The topological polar surface area (TPSA) is 111 Å². The van der Waals surface area contributed by atoms with Gasteiger partial charge in [0.15, 0.2) is 0 Å². The number of hydrogen-bond donors (Lipinski definition) is 3. The van der Waals surface area contributed by atoms with E-state index in [0.717, 1.165) is 22.9 Å². The van der Waals surface area contributed by atoms with E-state index in [1.807, 2.05) is 13.0 Å². The number of rotatable bonds is 2. The van der Waals surface area contributed by atoms with Crippen LogP contribution in [0, 0.1) is 6.92 Å². The van der Waals surface area contributed by atoms with Crippen molar-refractivity contribution in [3.63, 3.8) is 0 Å². The fourth-order valence-electron chi connectivity index (χ4n) is 3.46. The van der Waals surface area contributed by atoms with Crippen LogP contribution in [0.15, 0.2) is 46.1 Å². The number of aromatic amines is 2. The molecular formula is C19H19N5O3. The Hall–Kier alpha value is -3.42. The summed E-state index contributed by atoms with van der Waals surface area (Å²) in [7, 11) is 0. The zero-order valence-electron chi connectivity index (χ0n) is 14.8. The second-order valence-corrected chi connectivity index (χ2v) is 6.76. The first-order valence-corrected chi connectivity index (χ1v) is 8.74. The van der Waals surface area contributed by atoms with Crippen molar-refractivity contribution in [2.24, 2.45) is 0 Å². The number of benzene rings is 1. The van der Waals surface area contributed by atoms with Gasteiger partial charge in [0.1, 0.15) is 5.82 Å². The number of amides is 2. The molecular weight excluding hydrogens is 346 g/mol. The standard InChI is InChI=1S/C19H19N5O3/c1-11-8-17(26)22-15-3-2-13(9-14(11)15)21-19(27)24-7-5-12(10-24)18-20-6-4-16(25)23-18/h2-4,6,8-9,12H,5,7,10H2,1H3,(H,21,27)(H,22,26)(H,20,23,25). The van der Waals surface area contributed by atoms with Crippen molar-refractivity contribution < 1.29 is 4.79 Å². The number of nitrogens with zero attached hydrogens (tertiary/aromatic N) is 2. The van der Waals surface area contributed by atoms with E-state index in [0.29, 0.717) is 24.6 Å². The molecule has 1 aliphatic heterocycles. The molecule has 1 aliphatic rings. The highest BCUT2D eigenvalue weighted by atomic mass is 16.2. The number of H-pyrrole nitrogens is 2. The normalized spacial score (nSPS) is 16.6. The first-order chi connectivity index (χ1) is 13.0. The van der Waals surface area contributed by atoms with Crippen molar-refractivity contribution in [2.45, 2.75) is 19.3 Å². The average Bonchev–Trinajstić information content (AvgIpc) is 3.12. The van der Waals surface area contributed by atoms with Crippen LogP contribution in [0.5, 0.6) is 0 Å². The molecule has 8 nitrogen and oxygen atoms in total. The van der Waals surface area contributed by atoms with Crippen molar-refractivity contribution in [1.82, 2.24) is 19.9 Å². The third-order valence-electron chi connectivity index (χ3n) is 4.85. The van der Waals surface area contributed by atoms with E-state index in [4.69, 9.17) is 0 Å². The minimum Gasteiger partial charge on any atom is -0.324 e. The maximum absolute atomic E-state index is 12.6. The smallest absolute Gasteiger partial charge is 0.321 e. The molecule has 8 heteroatoms. The number of fused-ring (bicyclic) bond motifs is 1. The molecule has 0 radical (unpaired) electrons. The van der Waals surface area contributed by atoms with Crippen molar-refractivity contribution in [3.8, 4) is 0 Å². The molecule has 138 valence electrons. The zero-order chi connectivity index (χ0) is 19.0. The van der Waals surface area contributed by atoms with E-state index in [1.165, 1.54) is 18.3 Å². The summed E-state index contributed by atoms with van der Waals surface area (Å²) in [5, 5.41) is 3.79. The number of carbonyl (C=O) groups excluding carboxylic acids is 1. The van der Waals surface area contributed by atoms with E-state index < -0.39 is 0 Å². The summed E-state index contributed by atoms with van der Waals surface area (Å²) in [6.07, 6.45) is 2.23. The molecule has 0 spiro atoms. The number of aromatic nitrogens is 3. The van der Waals surface area contributed by atoms with Gasteiger partial charge < -0.3 is 20.2 Å². The Morgan fingerprint density at radius 2 is 2.04 bits per heavy atom. The van der Waals surface area contributed by atoms with Crippen molar-refractivity contribution in [2.75, 3.05) is 18.4 Å². The van der Waals surface area contributed by atoms with Crippen LogP contribution in [0.3, 0.4) is 0 Å². The third kappa shape index (κ3) is 3.46. The Balaban J connectivity index is 1.49. The van der Waals surface area contributed by atoms with Gasteiger partial charge in [0.25, 0.3) is 5.56 Å². The lowest BCUT2D eigenvalue weighted by atomic mass is 10.1. The van der Waals surface area contributed by atoms with E-state index >= 15 is 0 Å². The second-order valence-electron chi connectivity index (χ2n) is 6.76. The second kappa shape index (κ2) is 6.71. The molecule has 1 saturated heterocycles. The largest absolute Gasteiger partial charge is 0.324 e. The van der Waals surface area contributed by atoms with Gasteiger partial charge in [-0.1, -0.05) is 0 Å². The summed E-state index contributed by atoms with van der Waals surface area (Å²) < 4.78 is 0. The van der Waals surface area contributed by atoms with Crippen LogP contribution in [0.1, 0.15) is 23.7 Å². The Bertz CT molecular complexity index is 1130. The van der Waals surface area contributed by atoms with Crippen LogP contribution in [0.4, 0.5) is 10.5 Å². The van der Waals surface area contributed by atoms with Crippen LogP contribution >= 0.6 is 0 Å². The molecule has 27 heavy (non-hydrogen) atoms. The highest BCUT2D eigenvalue weighted by molar-refractivity contribution is 5.93. The molecule has 1 fully saturated rings. The van der Waals surface area contributed by atoms with Crippen LogP contribution in [-0.4, -0.2) is 39.0 Å². The minimum atomic E-state index is -0.197. The first-order valence-electron chi connectivity index (χ1n) is 8.74. The van der Waals surface area contributed by atoms with Gasteiger partial charge in [-0.2, -0.15) is 0 Å². The quantitative estimate of drug-likeness (QED) is 0.644. The summed E-state index contributed by atoms with van der Waals surface area (Å²) in [5.41, 5.74) is 1.92. The SMILES string of the molecule is Cc1cc(=O)[nH]c2ccc(NC(=O)N3CCC(c4nccc(=O)[nH]4)C3)cc12. The highest BCUT2D eigenvalue weighted by Gasteiger charge is 2.28. The molecule has 2 amide bonds. The van der Waals surface area contributed by atoms with Crippen LogP contribution < -0.4 is 16.4 Å². The van der Waals surface area contributed by atoms with Gasteiger partial charge in [-0.25, -0.2) is 9.78 Å². The van der Waals surface area contributed by atoms with Crippen LogP contribution in [-0.2, 0) is 0 Å². The zero-order valence-corrected chi connectivity index (χ0v) is 14.8. The maximum Gasteiger partial charge on any atom is 0.321 e. The number of anilines is 1. The molecule has 0 bridgehead atoms. The van der Waals surface area contributed by atoms with E-state index in [9.17, 15) is 14.4 Å². The van der Waals surface area contributed by atoms with Crippen LogP contribution in [0.25, 0.3) is 10.9 Å². The fraction of sp³-hybridized carbons (Fsp3) is 0.263. The third-order valence-corrected chi connectivity index (χ3v) is 4.85. The van der Waals surface area contributed by atoms with Crippen molar-refractivity contribution >= 4 is 22.6 Å². The summed E-state index contributed by atoms with van der Waals surface area (Å²) in [4.78, 5) is 47.0. The predicted molar refractivity (Wildman–Crippen MR) is 102 cm³/mol. The summed E-state index contributed by atoms with van der Waals surface area (Å²) in [6.45, 7) is 2.95. The number of carbonyl (C=O) groups is 1. The average molecular weight is 365 g/mol. The summed E-state index contributed by atoms with van der Waals surface area (Å²) in [6, 6.07) is 8.11. The van der Waals surface area contributed by atoms with Gasteiger partial charge in [-0.3, -0.25) is 9.59 Å². The van der Waals surface area contributed by atoms with Gasteiger partial charge in [-0.05, 0) is 37.1 Å². The highest BCUT2D eigenvalue weighted by Crippen LogP contribution is 2.25. The minimum absolute atomic E-state index is 0.0218. The van der Waals surface area contributed by atoms with Gasteiger partial charge in [-0.15, -0.1) is 0 Å². The van der Waals surface area contributed by atoms with Crippen molar-refractivity contribution in [3.05, 3.63) is 68.6 Å². The Kier molecular flexibility index (Phi) is 4.23. The van der Waals surface area contributed by atoms with Crippen molar-refractivity contribution in [1.29, 1.82) is 0 Å². The summed E-state index contributed by atoms with van der Waals surface area (Å²) in [5.74, 6) is 0.636. The van der Waals surface area contributed by atoms with E-state index in [1.54, 1.807) is 17.0 Å². The first kappa shape index (κ1) is 17.0. The van der Waals surface area contributed by atoms with Gasteiger partial charge in [0, 0.05) is 53.9 Å². The molecule has 1 aromatic carbocycles. The molecule has 3 aromatic rings. The molecule has 4 rings (SSSR count). The molecule has 0 saturated carbocycles. The number of nitrogens with one attached hydrogen (secondary N) is 3. The van der Waals surface area contributed by atoms with Crippen LogP contribution in [0.2, 0.25) is 0 Å². The number of pyridine rings is 1. The van der Waals surface area contributed by atoms with E-state index in [-0.39, 0.29) is 23.1 Å². The monoisotopic (exact) mass is 365 g/mol. The Morgan fingerprint density at radius 3 is 2.85 bits per heavy atom. The van der Waals surface area contributed by atoms with Gasteiger partial charge in [0.05, 0.1) is 0 Å². The molecule has 0 aliphatic carbocycles. The molecule has 2 aromatic heterocycles. The lowest BCUT2D eigenvalue weighted by Gasteiger charge is -2.17. The number of likely N-dealkylation sites (tertiary alicyclic amines) is 1. The maximum atomic E-state index is 12.6. The number of aryl methyl sites for hydroxylation is 1. The molecule has 1 unspecified atom stereocenters. The lowest BCUT2D eigenvalue weighted by molar-refractivity contribution is 0.222. The number of hydrogen-bond acceptors (Lipinski definition) is 4. The predicted octanol–water partition coefficient (Wildman–Crippen LogP) is 1.94. The fourth-order valence-corrected chi connectivity index (χ4v) is 3.46. The molecule has 3 N–H and O–H groups in total. The summed E-state index contributed by atoms with van der Waals surface area (Å²) >= 11 is 0. The lowest BCUT2D eigenvalue weighted by Crippen LogP contribution is -2.33. The molecule has 1 atom stereocenters. The Morgan fingerprint density at radius 1 is 1.19 bits per heavy atom. The Labute approximate surface area is 154 Å². The van der Waals surface area contributed by atoms with E-state index in [2.05, 4.69) is 20.3 Å². The van der Waals surface area contributed by atoms with Gasteiger partial charge >= 0.3 is 6.03 Å². The number of urea groups is 1. The van der Waals surface area contributed by atoms with Gasteiger partial charge in [0.2, 0.25) is 5.56 Å².